The molecule has 0 aliphatic heterocycles. The molecule has 0 fully saturated rings. The van der Waals surface area contributed by atoms with Crippen molar-refractivity contribution in [2.45, 2.75) is 12.7 Å². The second kappa shape index (κ2) is 6.28. The first-order valence-corrected chi connectivity index (χ1v) is 6.89. The molecule has 0 bridgehead atoms. The molecule has 23 heavy (non-hydrogen) atoms. The highest BCUT2D eigenvalue weighted by Crippen LogP contribution is 2.30. The minimum absolute atomic E-state index is 0.114. The zero-order valence-corrected chi connectivity index (χ0v) is 12.4. The molecule has 0 atom stereocenters. The Morgan fingerprint density at radius 1 is 1.26 bits per heavy atom. The Kier molecular flexibility index (Phi) is 4.59. The van der Waals surface area contributed by atoms with Crippen LogP contribution in [0.1, 0.15) is 31.7 Å². The Labute approximate surface area is 131 Å². The fourth-order valence-electron chi connectivity index (χ4n) is 1.53. The number of carboxylic acids is 1. The lowest BCUT2D eigenvalue weighted by atomic mass is 10.3. The summed E-state index contributed by atoms with van der Waals surface area (Å²) >= 11 is 0.785. The standard InChI is InChI=1S/C12H9F3N4O3S/c1-19(4-9-18-8(5-23-9)12(13,14)15)10(20)6-2-17-7(3-16-6)11(21)22/h2-3,5H,4H2,1H3,(H,21,22). The summed E-state index contributed by atoms with van der Waals surface area (Å²) in [4.78, 5) is 34.5. The summed E-state index contributed by atoms with van der Waals surface area (Å²) in [5.74, 6) is -1.90. The van der Waals surface area contributed by atoms with Gasteiger partial charge in [0.1, 0.15) is 10.7 Å². The van der Waals surface area contributed by atoms with Crippen molar-refractivity contribution < 1.29 is 27.9 Å². The average Bonchev–Trinajstić information content (AvgIpc) is 2.95. The molecule has 0 spiro atoms. The van der Waals surface area contributed by atoms with Crippen molar-refractivity contribution >= 4 is 23.2 Å². The van der Waals surface area contributed by atoms with Crippen molar-refractivity contribution in [1.29, 1.82) is 0 Å². The highest BCUT2D eigenvalue weighted by molar-refractivity contribution is 7.09. The molecule has 1 N–H and O–H groups in total. The van der Waals surface area contributed by atoms with Crippen LogP contribution in [0.4, 0.5) is 13.2 Å². The Morgan fingerprint density at radius 3 is 2.35 bits per heavy atom. The number of carbonyl (C=O) groups is 2. The first kappa shape index (κ1) is 16.8. The van der Waals surface area contributed by atoms with Gasteiger partial charge in [-0.1, -0.05) is 0 Å². The smallest absolute Gasteiger partial charge is 0.434 e. The molecule has 2 rings (SSSR count). The zero-order chi connectivity index (χ0) is 17.2. The van der Waals surface area contributed by atoms with E-state index in [1.165, 1.54) is 7.05 Å². The van der Waals surface area contributed by atoms with Gasteiger partial charge in [-0.3, -0.25) is 4.79 Å². The van der Waals surface area contributed by atoms with Crippen molar-refractivity contribution in [3.8, 4) is 0 Å². The van der Waals surface area contributed by atoms with Crippen molar-refractivity contribution in [1.82, 2.24) is 19.9 Å². The summed E-state index contributed by atoms with van der Waals surface area (Å²) in [6.07, 6.45) is -2.62. The lowest BCUT2D eigenvalue weighted by molar-refractivity contribution is -0.140. The molecule has 0 aromatic carbocycles. The van der Waals surface area contributed by atoms with Crippen molar-refractivity contribution in [2.24, 2.45) is 0 Å². The van der Waals surface area contributed by atoms with Crippen LogP contribution in [0.3, 0.4) is 0 Å². The molecular weight excluding hydrogens is 337 g/mol. The Hall–Kier alpha value is -2.56. The molecule has 0 aliphatic carbocycles. The first-order chi connectivity index (χ1) is 10.7. The maximum absolute atomic E-state index is 12.5. The van der Waals surface area contributed by atoms with E-state index in [-0.39, 0.29) is 22.9 Å². The van der Waals surface area contributed by atoms with Gasteiger partial charge in [0.25, 0.3) is 5.91 Å². The van der Waals surface area contributed by atoms with E-state index in [0.29, 0.717) is 0 Å². The lowest BCUT2D eigenvalue weighted by Gasteiger charge is -2.14. The van der Waals surface area contributed by atoms with Crippen molar-refractivity contribution in [3.05, 3.63) is 39.9 Å². The molecule has 2 aromatic rings. The van der Waals surface area contributed by atoms with Crippen LogP contribution in [-0.4, -0.2) is 43.9 Å². The van der Waals surface area contributed by atoms with E-state index in [9.17, 15) is 22.8 Å². The number of carbonyl (C=O) groups excluding carboxylic acids is 1. The maximum Gasteiger partial charge on any atom is 0.434 e. The van der Waals surface area contributed by atoms with Gasteiger partial charge in [-0.05, 0) is 0 Å². The summed E-state index contributed by atoms with van der Waals surface area (Å²) in [6, 6.07) is 0. The third kappa shape index (κ3) is 4.00. The first-order valence-electron chi connectivity index (χ1n) is 6.01. The van der Waals surface area contributed by atoms with Crippen LogP contribution in [0, 0.1) is 0 Å². The molecule has 0 saturated heterocycles. The summed E-state index contributed by atoms with van der Waals surface area (Å²) in [7, 11) is 1.36. The monoisotopic (exact) mass is 346 g/mol. The summed E-state index contributed by atoms with van der Waals surface area (Å²) in [5, 5.41) is 9.67. The normalized spacial score (nSPS) is 11.3. The van der Waals surface area contributed by atoms with Gasteiger partial charge in [-0.15, -0.1) is 11.3 Å². The predicted molar refractivity (Wildman–Crippen MR) is 71.9 cm³/mol. The largest absolute Gasteiger partial charge is 0.476 e. The van der Waals surface area contributed by atoms with E-state index in [2.05, 4.69) is 15.0 Å². The number of halogens is 3. The minimum atomic E-state index is -4.53. The SMILES string of the molecule is CN(Cc1nc(C(F)(F)F)cs1)C(=O)c1cnc(C(=O)O)cn1. The highest BCUT2D eigenvalue weighted by atomic mass is 32.1. The van der Waals surface area contributed by atoms with Crippen LogP contribution in [0.2, 0.25) is 0 Å². The summed E-state index contributed by atoms with van der Waals surface area (Å²) in [5.41, 5.74) is -1.45. The summed E-state index contributed by atoms with van der Waals surface area (Å²) in [6.45, 7) is -0.137. The molecule has 0 radical (unpaired) electrons. The van der Waals surface area contributed by atoms with Gasteiger partial charge < -0.3 is 10.0 Å². The number of thiazole rings is 1. The fourth-order valence-corrected chi connectivity index (χ4v) is 2.39. The molecule has 0 saturated carbocycles. The van der Waals surface area contributed by atoms with Gasteiger partial charge in [-0.25, -0.2) is 19.7 Å². The van der Waals surface area contributed by atoms with Gasteiger partial charge >= 0.3 is 12.1 Å². The van der Waals surface area contributed by atoms with Crippen LogP contribution in [0.15, 0.2) is 17.8 Å². The molecule has 0 aliphatic rings. The number of aromatic carboxylic acids is 1. The van der Waals surface area contributed by atoms with Crippen LogP contribution < -0.4 is 0 Å². The second-order valence-electron chi connectivity index (χ2n) is 4.38. The molecule has 1 amide bonds. The number of amides is 1. The maximum atomic E-state index is 12.5. The van der Waals surface area contributed by atoms with Crippen molar-refractivity contribution in [3.63, 3.8) is 0 Å². The molecular formula is C12H9F3N4O3S. The van der Waals surface area contributed by atoms with Crippen LogP contribution >= 0.6 is 11.3 Å². The molecule has 0 unspecified atom stereocenters. The number of hydrogen-bond acceptors (Lipinski definition) is 6. The molecule has 2 heterocycles. The topological polar surface area (TPSA) is 96.3 Å². The number of nitrogens with zero attached hydrogens (tertiary/aromatic N) is 4. The number of alkyl halides is 3. The summed E-state index contributed by atoms with van der Waals surface area (Å²) < 4.78 is 37.4. The van der Waals surface area contributed by atoms with E-state index >= 15 is 0 Å². The Bertz CT molecular complexity index is 730. The second-order valence-corrected chi connectivity index (χ2v) is 5.32. The lowest BCUT2D eigenvalue weighted by Crippen LogP contribution is -2.27. The van der Waals surface area contributed by atoms with Gasteiger partial charge in [-0.2, -0.15) is 13.2 Å². The van der Waals surface area contributed by atoms with Gasteiger partial charge in [0.15, 0.2) is 11.4 Å². The van der Waals surface area contributed by atoms with Crippen LogP contribution in [0.5, 0.6) is 0 Å². The van der Waals surface area contributed by atoms with Crippen LogP contribution in [-0.2, 0) is 12.7 Å². The number of aromatic nitrogens is 3. The van der Waals surface area contributed by atoms with E-state index in [0.717, 1.165) is 34.0 Å². The number of rotatable bonds is 4. The van der Waals surface area contributed by atoms with E-state index in [4.69, 9.17) is 5.11 Å². The molecule has 11 heteroatoms. The number of hydrogen-bond donors (Lipinski definition) is 1. The third-order valence-corrected chi connectivity index (χ3v) is 3.48. The number of carboxylic acid groups (broad SMARTS) is 1. The van der Waals surface area contributed by atoms with Gasteiger partial charge in [0.05, 0.1) is 18.9 Å². The molecule has 122 valence electrons. The minimum Gasteiger partial charge on any atom is -0.476 e. The van der Waals surface area contributed by atoms with Crippen molar-refractivity contribution in [2.75, 3.05) is 7.05 Å². The molecule has 2 aromatic heterocycles. The fraction of sp³-hybridized carbons (Fsp3) is 0.250. The highest BCUT2D eigenvalue weighted by Gasteiger charge is 2.33. The van der Waals surface area contributed by atoms with Crippen LogP contribution in [0.25, 0.3) is 0 Å². The zero-order valence-electron chi connectivity index (χ0n) is 11.5. The Balaban J connectivity index is 2.08. The average molecular weight is 346 g/mol. The van der Waals surface area contributed by atoms with E-state index in [1.807, 2.05) is 0 Å². The molecule has 7 nitrogen and oxygen atoms in total. The quantitative estimate of drug-likeness (QED) is 0.909. The van der Waals surface area contributed by atoms with Gasteiger partial charge in [0, 0.05) is 12.4 Å². The predicted octanol–water partition coefficient (Wildman–Crippen LogP) is 1.92. The Morgan fingerprint density at radius 2 is 1.87 bits per heavy atom. The van der Waals surface area contributed by atoms with E-state index < -0.39 is 23.7 Å². The third-order valence-electron chi connectivity index (χ3n) is 2.65. The van der Waals surface area contributed by atoms with E-state index in [1.54, 1.807) is 0 Å². The van der Waals surface area contributed by atoms with Gasteiger partial charge in [0.2, 0.25) is 0 Å².